The van der Waals surface area contributed by atoms with Crippen LogP contribution in [0.1, 0.15) is 40.3 Å². The van der Waals surface area contributed by atoms with E-state index < -0.39 is 42.5 Å². The Hall–Kier alpha value is -2.91. The van der Waals surface area contributed by atoms with Gasteiger partial charge in [-0.3, -0.25) is 4.79 Å². The highest BCUT2D eigenvalue weighted by Crippen LogP contribution is 2.47. The molecule has 0 saturated heterocycles. The summed E-state index contributed by atoms with van der Waals surface area (Å²) < 4.78 is 42.0. The summed E-state index contributed by atoms with van der Waals surface area (Å²) in [7, 11) is 0. The van der Waals surface area contributed by atoms with Crippen molar-refractivity contribution in [3.05, 3.63) is 40.4 Å². The van der Waals surface area contributed by atoms with Gasteiger partial charge in [-0.1, -0.05) is 0 Å². The van der Waals surface area contributed by atoms with Crippen molar-refractivity contribution in [3.63, 3.8) is 0 Å². The van der Waals surface area contributed by atoms with Crippen molar-refractivity contribution in [2.24, 2.45) is 11.8 Å². The summed E-state index contributed by atoms with van der Waals surface area (Å²) in [5.41, 5.74) is 0.935. The first kappa shape index (κ1) is 19.8. The van der Waals surface area contributed by atoms with Gasteiger partial charge in [-0.15, -0.1) is 0 Å². The van der Waals surface area contributed by atoms with Crippen molar-refractivity contribution in [1.29, 1.82) is 5.41 Å². The molecule has 2 N–H and O–H groups in total. The number of carbonyl (C=O) groups is 2. The molecule has 28 heavy (non-hydrogen) atoms. The van der Waals surface area contributed by atoms with E-state index in [0.29, 0.717) is 11.1 Å². The van der Waals surface area contributed by atoms with Crippen LogP contribution in [0, 0.1) is 17.2 Å². The SMILES string of the molecule is CC1=C(OCC(F)(F)F)C1C(C=N)C(C)N1Cc2c(ccnc2C(=O)O)C1=O. The molecule has 1 amide bonds. The number of halogens is 3. The molecule has 7 nitrogen and oxygen atoms in total. The zero-order valence-corrected chi connectivity index (χ0v) is 15.1. The molecule has 3 rings (SSSR count). The number of carboxylic acids is 1. The molecule has 3 unspecified atom stereocenters. The summed E-state index contributed by atoms with van der Waals surface area (Å²) in [6.45, 7) is 1.92. The minimum absolute atomic E-state index is 0.0135. The van der Waals surface area contributed by atoms with E-state index in [9.17, 15) is 27.9 Å². The average Bonchev–Trinajstić information content (AvgIpc) is 3.11. The minimum Gasteiger partial charge on any atom is -0.488 e. The lowest BCUT2D eigenvalue weighted by atomic mass is 9.92. The molecule has 2 heterocycles. The molecular weight excluding hydrogens is 379 g/mol. The van der Waals surface area contributed by atoms with E-state index in [0.717, 1.165) is 6.21 Å². The number of rotatable bonds is 7. The number of carboxylic acid groups (broad SMARTS) is 1. The van der Waals surface area contributed by atoms with Gasteiger partial charge in [-0.2, -0.15) is 13.2 Å². The molecule has 0 saturated carbocycles. The molecule has 0 bridgehead atoms. The third-order valence-electron chi connectivity index (χ3n) is 5.15. The number of ether oxygens (including phenoxy) is 1. The highest BCUT2D eigenvalue weighted by Gasteiger charge is 2.47. The monoisotopic (exact) mass is 397 g/mol. The smallest absolute Gasteiger partial charge is 0.422 e. The van der Waals surface area contributed by atoms with Crippen LogP contribution in [0.25, 0.3) is 0 Å². The molecule has 3 atom stereocenters. The van der Waals surface area contributed by atoms with Gasteiger partial charge in [0.1, 0.15) is 5.76 Å². The quantitative estimate of drug-likeness (QED) is 0.689. The first-order valence-electron chi connectivity index (χ1n) is 8.49. The summed E-state index contributed by atoms with van der Waals surface area (Å²) >= 11 is 0. The molecule has 0 spiro atoms. The van der Waals surface area contributed by atoms with Gasteiger partial charge in [0.25, 0.3) is 5.91 Å². The first-order chi connectivity index (χ1) is 13.1. The number of pyridine rings is 1. The van der Waals surface area contributed by atoms with E-state index in [-0.39, 0.29) is 23.6 Å². The highest BCUT2D eigenvalue weighted by atomic mass is 19.4. The van der Waals surface area contributed by atoms with Crippen molar-refractivity contribution in [1.82, 2.24) is 9.88 Å². The Kier molecular flexibility index (Phi) is 4.90. The lowest BCUT2D eigenvalue weighted by molar-refractivity contribution is -0.164. The van der Waals surface area contributed by atoms with Gasteiger partial charge in [0.05, 0.1) is 5.92 Å². The third-order valence-corrected chi connectivity index (χ3v) is 5.15. The van der Waals surface area contributed by atoms with Crippen LogP contribution in [-0.4, -0.2) is 51.9 Å². The topological polar surface area (TPSA) is 104 Å². The number of nitrogens with zero attached hydrogens (tertiary/aromatic N) is 2. The van der Waals surface area contributed by atoms with Crippen LogP contribution in [0.5, 0.6) is 0 Å². The van der Waals surface area contributed by atoms with Gasteiger partial charge in [0.15, 0.2) is 12.3 Å². The van der Waals surface area contributed by atoms with Crippen LogP contribution in [0.15, 0.2) is 23.6 Å². The molecule has 150 valence electrons. The standard InChI is InChI=1S/C18H18F3N3O4/c1-8-13(15(8)28-7-18(19,20)21)11(5-22)9(2)24-6-12-10(16(24)25)3-4-23-14(12)17(26)27/h3-5,9,11,13,22H,6-7H2,1-2H3,(H,26,27). The minimum atomic E-state index is -4.46. The number of hydrogen-bond donors (Lipinski definition) is 2. The molecule has 0 radical (unpaired) electrons. The summed E-state index contributed by atoms with van der Waals surface area (Å²) in [4.78, 5) is 29.3. The largest absolute Gasteiger partial charge is 0.488 e. The number of amides is 1. The number of fused-ring (bicyclic) bond motifs is 1. The molecule has 1 aliphatic heterocycles. The zero-order chi connectivity index (χ0) is 20.8. The Balaban J connectivity index is 1.76. The molecule has 1 aromatic rings. The first-order valence-corrected chi connectivity index (χ1v) is 8.49. The second-order valence-corrected chi connectivity index (χ2v) is 6.84. The van der Waals surface area contributed by atoms with E-state index in [1.54, 1.807) is 13.8 Å². The summed E-state index contributed by atoms with van der Waals surface area (Å²) in [5.74, 6) is -2.51. The molecule has 10 heteroatoms. The van der Waals surface area contributed by atoms with Gasteiger partial charge >= 0.3 is 12.1 Å². The van der Waals surface area contributed by atoms with Crippen LogP contribution >= 0.6 is 0 Å². The second kappa shape index (κ2) is 6.92. The Labute approximate surface area is 158 Å². The van der Waals surface area contributed by atoms with E-state index in [1.165, 1.54) is 17.2 Å². The molecule has 0 aromatic carbocycles. The van der Waals surface area contributed by atoms with E-state index in [1.807, 2.05) is 0 Å². The number of nitrogens with one attached hydrogen (secondary N) is 1. The Morgan fingerprint density at radius 1 is 1.54 bits per heavy atom. The number of alkyl halides is 3. The van der Waals surface area contributed by atoms with Crippen molar-refractivity contribution in [2.75, 3.05) is 6.61 Å². The van der Waals surface area contributed by atoms with Gasteiger partial charge in [0.2, 0.25) is 0 Å². The van der Waals surface area contributed by atoms with Gasteiger partial charge < -0.3 is 20.2 Å². The predicted octanol–water partition coefficient (Wildman–Crippen LogP) is 2.87. The van der Waals surface area contributed by atoms with Gasteiger partial charge in [-0.25, -0.2) is 9.78 Å². The van der Waals surface area contributed by atoms with E-state index in [4.69, 9.17) is 10.1 Å². The normalized spacial score (nSPS) is 20.7. The summed E-state index contributed by atoms with van der Waals surface area (Å²) in [6.07, 6.45) is -2.12. The Morgan fingerprint density at radius 3 is 2.79 bits per heavy atom. The Morgan fingerprint density at radius 2 is 2.21 bits per heavy atom. The molecule has 2 aliphatic rings. The number of hydrogen-bond acceptors (Lipinski definition) is 5. The summed E-state index contributed by atoms with van der Waals surface area (Å²) in [6, 6.07) is 0.889. The van der Waals surface area contributed by atoms with Crippen LogP contribution in [0.4, 0.5) is 13.2 Å². The van der Waals surface area contributed by atoms with E-state index in [2.05, 4.69) is 4.98 Å². The van der Waals surface area contributed by atoms with Crippen LogP contribution in [0.3, 0.4) is 0 Å². The maximum absolute atomic E-state index is 12.7. The second-order valence-electron chi connectivity index (χ2n) is 6.84. The molecule has 0 fully saturated rings. The van der Waals surface area contributed by atoms with Gasteiger partial charge in [-0.05, 0) is 25.5 Å². The lowest BCUT2D eigenvalue weighted by Crippen LogP contribution is -2.41. The average molecular weight is 397 g/mol. The fraction of sp³-hybridized carbons (Fsp3) is 0.444. The molecule has 1 aromatic heterocycles. The fourth-order valence-electron chi connectivity index (χ4n) is 3.64. The van der Waals surface area contributed by atoms with Gasteiger partial charge in [0, 0.05) is 42.0 Å². The lowest BCUT2D eigenvalue weighted by Gasteiger charge is -2.30. The predicted molar refractivity (Wildman–Crippen MR) is 91.0 cm³/mol. The van der Waals surface area contributed by atoms with Crippen LogP contribution < -0.4 is 0 Å². The van der Waals surface area contributed by atoms with Crippen LogP contribution in [-0.2, 0) is 11.3 Å². The van der Waals surface area contributed by atoms with Crippen molar-refractivity contribution in [2.45, 2.75) is 32.6 Å². The fourth-order valence-corrected chi connectivity index (χ4v) is 3.64. The zero-order valence-electron chi connectivity index (χ0n) is 15.1. The Bertz CT molecular complexity index is 881. The van der Waals surface area contributed by atoms with Crippen molar-refractivity contribution in [3.8, 4) is 0 Å². The maximum atomic E-state index is 12.7. The highest BCUT2D eigenvalue weighted by molar-refractivity contribution is 6.02. The number of aromatic carboxylic acids is 1. The molecular formula is C18H18F3N3O4. The maximum Gasteiger partial charge on any atom is 0.422 e. The van der Waals surface area contributed by atoms with Crippen molar-refractivity contribution < 1.29 is 32.6 Å². The van der Waals surface area contributed by atoms with Crippen molar-refractivity contribution >= 4 is 18.1 Å². The number of allylic oxidation sites excluding steroid dienone is 2. The number of aromatic nitrogens is 1. The van der Waals surface area contributed by atoms with Crippen LogP contribution in [0.2, 0.25) is 0 Å². The summed E-state index contributed by atoms with van der Waals surface area (Å²) in [5, 5.41) is 17.0. The number of carbonyl (C=O) groups excluding carboxylic acids is 1. The molecule has 1 aliphatic carbocycles. The van der Waals surface area contributed by atoms with E-state index >= 15 is 0 Å². The third kappa shape index (κ3) is 3.46.